The highest BCUT2D eigenvalue weighted by molar-refractivity contribution is 7.10. The predicted molar refractivity (Wildman–Crippen MR) is 75.9 cm³/mol. The Balaban J connectivity index is 1.63. The molecular weight excluding hydrogens is 228 g/mol. The molecule has 1 aliphatic rings. The minimum atomic E-state index is 0.918. The maximum Gasteiger partial charge on any atom is 0.00871 e. The third-order valence-corrected chi connectivity index (χ3v) is 4.85. The van der Waals surface area contributed by atoms with Crippen molar-refractivity contribution in [3.05, 3.63) is 21.9 Å². The maximum absolute atomic E-state index is 3.44. The number of thiophene rings is 1. The molecule has 1 fully saturated rings. The Labute approximate surface area is 109 Å². The summed E-state index contributed by atoms with van der Waals surface area (Å²) in [7, 11) is 2.26. The molecule has 1 atom stereocenters. The molecule has 0 amide bonds. The predicted octanol–water partition coefficient (Wildman–Crippen LogP) is 2.53. The summed E-state index contributed by atoms with van der Waals surface area (Å²) in [5, 5.41) is 5.64. The van der Waals surface area contributed by atoms with Crippen molar-refractivity contribution in [2.24, 2.45) is 5.92 Å². The first kappa shape index (κ1) is 13.1. The van der Waals surface area contributed by atoms with Crippen LogP contribution < -0.4 is 5.32 Å². The van der Waals surface area contributed by atoms with Crippen LogP contribution in [0, 0.1) is 12.8 Å². The van der Waals surface area contributed by atoms with Crippen molar-refractivity contribution in [2.45, 2.75) is 26.2 Å². The molecule has 2 heterocycles. The van der Waals surface area contributed by atoms with Crippen molar-refractivity contribution in [1.82, 2.24) is 10.2 Å². The molecule has 0 radical (unpaired) electrons. The van der Waals surface area contributed by atoms with Crippen LogP contribution in [0.3, 0.4) is 0 Å². The third-order valence-electron chi connectivity index (χ3n) is 3.77. The molecule has 0 bridgehead atoms. The lowest BCUT2D eigenvalue weighted by molar-refractivity contribution is 0.309. The van der Waals surface area contributed by atoms with Crippen LogP contribution in [-0.4, -0.2) is 38.1 Å². The first-order valence-corrected chi connectivity index (χ1v) is 7.56. The quantitative estimate of drug-likeness (QED) is 0.837. The number of aryl methyl sites for hydroxylation is 1. The largest absolute Gasteiger partial charge is 0.316 e. The van der Waals surface area contributed by atoms with Gasteiger partial charge in [0, 0.05) is 11.4 Å². The number of nitrogens with one attached hydrogen (secondary N) is 1. The number of rotatable bonds is 6. The Morgan fingerprint density at radius 1 is 1.47 bits per heavy atom. The summed E-state index contributed by atoms with van der Waals surface area (Å²) in [4.78, 5) is 4.04. The van der Waals surface area contributed by atoms with Gasteiger partial charge in [-0.15, -0.1) is 11.3 Å². The molecule has 1 aliphatic heterocycles. The highest BCUT2D eigenvalue weighted by Crippen LogP contribution is 2.17. The minimum Gasteiger partial charge on any atom is -0.316 e. The van der Waals surface area contributed by atoms with Crippen molar-refractivity contribution < 1.29 is 0 Å². The fourth-order valence-electron chi connectivity index (χ4n) is 2.43. The fraction of sp³-hybridized carbons (Fsp3) is 0.714. The molecule has 0 saturated carbocycles. The van der Waals surface area contributed by atoms with Crippen LogP contribution >= 0.6 is 11.3 Å². The molecule has 0 aliphatic carbocycles. The van der Waals surface area contributed by atoms with Crippen LogP contribution in [0.15, 0.2) is 11.4 Å². The SMILES string of the molecule is Cc1ccsc1CCN(C)CCC1CCNC1. The summed E-state index contributed by atoms with van der Waals surface area (Å²) in [5.74, 6) is 0.918. The first-order chi connectivity index (χ1) is 8.25. The van der Waals surface area contributed by atoms with E-state index >= 15 is 0 Å². The molecule has 1 aromatic heterocycles. The average molecular weight is 252 g/mol. The molecule has 2 rings (SSSR count). The number of hydrogen-bond donors (Lipinski definition) is 1. The van der Waals surface area contributed by atoms with Crippen molar-refractivity contribution in [3.63, 3.8) is 0 Å². The molecule has 1 N–H and O–H groups in total. The van der Waals surface area contributed by atoms with Gasteiger partial charge in [0.05, 0.1) is 0 Å². The van der Waals surface area contributed by atoms with E-state index in [-0.39, 0.29) is 0 Å². The normalized spacial score (nSPS) is 20.3. The lowest BCUT2D eigenvalue weighted by Gasteiger charge is -2.18. The standard InChI is InChI=1S/C14H24N2S/c1-12-6-10-17-14(12)5-9-16(2)8-4-13-3-7-15-11-13/h6,10,13,15H,3-5,7-9,11H2,1-2H3. The molecule has 1 aromatic rings. The van der Waals surface area contributed by atoms with Gasteiger partial charge in [-0.05, 0) is 75.8 Å². The van der Waals surface area contributed by atoms with E-state index in [2.05, 4.69) is 35.6 Å². The maximum atomic E-state index is 3.44. The minimum absolute atomic E-state index is 0.918. The Morgan fingerprint density at radius 2 is 2.35 bits per heavy atom. The Hall–Kier alpha value is -0.380. The molecule has 0 aromatic carbocycles. The molecule has 96 valence electrons. The summed E-state index contributed by atoms with van der Waals surface area (Å²) in [6.45, 7) is 7.12. The highest BCUT2D eigenvalue weighted by Gasteiger charge is 2.14. The van der Waals surface area contributed by atoms with Crippen LogP contribution in [0.1, 0.15) is 23.3 Å². The first-order valence-electron chi connectivity index (χ1n) is 6.68. The van der Waals surface area contributed by atoms with Crippen molar-refractivity contribution >= 4 is 11.3 Å². The molecule has 3 heteroatoms. The molecule has 1 unspecified atom stereocenters. The van der Waals surface area contributed by atoms with Crippen LogP contribution in [0.2, 0.25) is 0 Å². The van der Waals surface area contributed by atoms with Crippen LogP contribution in [0.4, 0.5) is 0 Å². The van der Waals surface area contributed by atoms with Gasteiger partial charge in [-0.1, -0.05) is 0 Å². The van der Waals surface area contributed by atoms with Crippen LogP contribution in [0.5, 0.6) is 0 Å². The number of nitrogens with zero attached hydrogens (tertiary/aromatic N) is 1. The monoisotopic (exact) mass is 252 g/mol. The number of hydrogen-bond acceptors (Lipinski definition) is 3. The summed E-state index contributed by atoms with van der Waals surface area (Å²) < 4.78 is 0. The van der Waals surface area contributed by atoms with E-state index in [0.29, 0.717) is 0 Å². The van der Waals surface area contributed by atoms with E-state index in [1.807, 2.05) is 11.3 Å². The average Bonchev–Trinajstić information content (AvgIpc) is 2.95. The van der Waals surface area contributed by atoms with Gasteiger partial charge in [-0.3, -0.25) is 0 Å². The molecule has 2 nitrogen and oxygen atoms in total. The zero-order valence-electron chi connectivity index (χ0n) is 11.0. The van der Waals surface area contributed by atoms with Crippen LogP contribution in [-0.2, 0) is 6.42 Å². The summed E-state index contributed by atoms with van der Waals surface area (Å²) in [6, 6.07) is 2.23. The molecule has 0 spiro atoms. The highest BCUT2D eigenvalue weighted by atomic mass is 32.1. The zero-order valence-corrected chi connectivity index (χ0v) is 11.9. The summed E-state index contributed by atoms with van der Waals surface area (Å²) in [5.41, 5.74) is 1.46. The zero-order chi connectivity index (χ0) is 12.1. The van der Waals surface area contributed by atoms with Gasteiger partial charge in [0.1, 0.15) is 0 Å². The van der Waals surface area contributed by atoms with Crippen molar-refractivity contribution in [2.75, 3.05) is 33.2 Å². The second kappa shape index (κ2) is 6.53. The smallest absolute Gasteiger partial charge is 0.00871 e. The van der Waals surface area contributed by atoms with Crippen molar-refractivity contribution in [3.8, 4) is 0 Å². The van der Waals surface area contributed by atoms with Gasteiger partial charge in [0.15, 0.2) is 0 Å². The lowest BCUT2D eigenvalue weighted by Crippen LogP contribution is -2.24. The van der Waals surface area contributed by atoms with Gasteiger partial charge in [-0.25, -0.2) is 0 Å². The van der Waals surface area contributed by atoms with Gasteiger partial charge < -0.3 is 10.2 Å². The Kier molecular flexibility index (Phi) is 5.01. The molecular formula is C14H24N2S. The summed E-state index contributed by atoms with van der Waals surface area (Å²) >= 11 is 1.90. The van der Waals surface area contributed by atoms with Gasteiger partial charge in [0.25, 0.3) is 0 Å². The Bertz CT molecular complexity index is 329. The van der Waals surface area contributed by atoms with E-state index < -0.39 is 0 Å². The number of likely N-dealkylation sites (N-methyl/N-ethyl adjacent to an activating group) is 1. The van der Waals surface area contributed by atoms with E-state index in [0.717, 1.165) is 5.92 Å². The van der Waals surface area contributed by atoms with Gasteiger partial charge in [-0.2, -0.15) is 0 Å². The van der Waals surface area contributed by atoms with Crippen LogP contribution in [0.25, 0.3) is 0 Å². The second-order valence-corrected chi connectivity index (χ2v) is 6.23. The van der Waals surface area contributed by atoms with Gasteiger partial charge in [0.2, 0.25) is 0 Å². The van der Waals surface area contributed by atoms with Crippen molar-refractivity contribution in [1.29, 1.82) is 0 Å². The topological polar surface area (TPSA) is 15.3 Å². The van der Waals surface area contributed by atoms with E-state index in [4.69, 9.17) is 0 Å². The Morgan fingerprint density at radius 3 is 3.00 bits per heavy atom. The lowest BCUT2D eigenvalue weighted by atomic mass is 10.1. The van der Waals surface area contributed by atoms with E-state index in [9.17, 15) is 0 Å². The molecule has 17 heavy (non-hydrogen) atoms. The molecule has 1 saturated heterocycles. The third kappa shape index (κ3) is 4.09. The summed E-state index contributed by atoms with van der Waals surface area (Å²) in [6.07, 6.45) is 3.94. The van der Waals surface area contributed by atoms with Gasteiger partial charge >= 0.3 is 0 Å². The van der Waals surface area contributed by atoms with E-state index in [1.54, 1.807) is 4.88 Å². The van der Waals surface area contributed by atoms with E-state index in [1.165, 1.54) is 51.0 Å². The fourth-order valence-corrected chi connectivity index (χ4v) is 3.33. The second-order valence-electron chi connectivity index (χ2n) is 5.23.